The molecule has 2 heterocycles. The number of aliphatic carboxylic acids is 4. The number of carboxylic acids is 4. The minimum Gasteiger partial charge on any atom is -0.755 e. The number of rotatable bonds is 34. The number of anilines is 1. The number of carboxylic acid groups (broad SMARTS) is 4. The molecule has 1 unspecified atom stereocenters. The van der Waals surface area contributed by atoms with Gasteiger partial charge in [-0.15, -0.1) is 0 Å². The van der Waals surface area contributed by atoms with Gasteiger partial charge in [0.1, 0.15) is 56.7 Å². The number of benzene rings is 1. The lowest BCUT2D eigenvalue weighted by Gasteiger charge is -2.24. The van der Waals surface area contributed by atoms with Crippen LogP contribution in [0.2, 0.25) is 0 Å². The topological polar surface area (TPSA) is 298 Å². The summed E-state index contributed by atoms with van der Waals surface area (Å²) in [6.45, 7) is -2.99. The second-order valence-electron chi connectivity index (χ2n) is 15.1. The van der Waals surface area contributed by atoms with Gasteiger partial charge in [-0.3, -0.25) is 42.7 Å². The SMILES string of the molecule is O=C(O)CN(CC(=O)O)C(=O)Cn1ccnc1CN(CCCCCCCCCCCC(=O)CCCc1ccc(NS(=O)[O-])cc1)Cc1nccn1CC(=O)N(CC(=O)O)CC(=O)O. The molecule has 0 saturated heterocycles. The lowest BCUT2D eigenvalue weighted by atomic mass is 10.0. The predicted molar refractivity (Wildman–Crippen MR) is 225 cm³/mol. The number of amides is 2. The molecule has 1 atom stereocenters. The minimum atomic E-state index is -2.37. The van der Waals surface area contributed by atoms with E-state index in [-0.39, 0.29) is 32.0 Å². The fraction of sp³-hybridized carbons (Fsp3) is 0.537. The lowest BCUT2D eigenvalue weighted by molar-refractivity contribution is -0.150. The van der Waals surface area contributed by atoms with Crippen LogP contribution >= 0.6 is 0 Å². The molecule has 0 aliphatic rings. The number of aromatic nitrogens is 4. The number of nitrogens with zero attached hydrogens (tertiary/aromatic N) is 7. The number of imidazole rings is 2. The lowest BCUT2D eigenvalue weighted by Crippen LogP contribution is -2.41. The van der Waals surface area contributed by atoms with E-state index < -0.39 is 73.1 Å². The van der Waals surface area contributed by atoms with Crippen LogP contribution in [0.4, 0.5) is 5.69 Å². The summed E-state index contributed by atoms with van der Waals surface area (Å²) in [6, 6.07) is 7.08. The largest absolute Gasteiger partial charge is 0.755 e. The minimum absolute atomic E-state index is 0.187. The van der Waals surface area contributed by atoms with Crippen molar-refractivity contribution >= 4 is 58.4 Å². The summed E-state index contributed by atoms with van der Waals surface area (Å²) in [7, 11) is 0. The average Bonchev–Trinajstić information content (AvgIpc) is 3.84. The van der Waals surface area contributed by atoms with Crippen LogP contribution in [-0.4, -0.2) is 137 Å². The molecule has 346 valence electrons. The summed E-state index contributed by atoms with van der Waals surface area (Å²) in [5.41, 5.74) is 1.53. The summed E-state index contributed by atoms with van der Waals surface area (Å²) in [6.07, 6.45) is 17.2. The Morgan fingerprint density at radius 3 is 1.44 bits per heavy atom. The van der Waals surface area contributed by atoms with E-state index in [0.717, 1.165) is 86.0 Å². The van der Waals surface area contributed by atoms with Crippen molar-refractivity contribution in [3.63, 3.8) is 0 Å². The van der Waals surface area contributed by atoms with Crippen molar-refractivity contribution < 1.29 is 62.7 Å². The first-order valence-corrected chi connectivity index (χ1v) is 21.8. The van der Waals surface area contributed by atoms with Crippen molar-refractivity contribution in [2.24, 2.45) is 0 Å². The first-order chi connectivity index (χ1) is 30.1. The van der Waals surface area contributed by atoms with E-state index in [1.54, 1.807) is 12.1 Å². The van der Waals surface area contributed by atoms with Crippen LogP contribution in [0, 0.1) is 0 Å². The molecule has 0 aliphatic carbocycles. The molecule has 63 heavy (non-hydrogen) atoms. The van der Waals surface area contributed by atoms with Crippen LogP contribution in [0.3, 0.4) is 0 Å². The number of nitrogens with one attached hydrogen (secondary N) is 1. The van der Waals surface area contributed by atoms with Crippen molar-refractivity contribution in [1.29, 1.82) is 0 Å². The Balaban J connectivity index is 1.49. The fourth-order valence-electron chi connectivity index (χ4n) is 6.84. The monoisotopic (exact) mass is 901 g/mol. The van der Waals surface area contributed by atoms with E-state index >= 15 is 0 Å². The molecule has 22 heteroatoms. The third-order valence-electron chi connectivity index (χ3n) is 9.96. The molecular formula is C41H57N8O13S-. The van der Waals surface area contributed by atoms with Crippen LogP contribution in [-0.2, 0) is 77.4 Å². The average molecular weight is 902 g/mol. The Hall–Kier alpha value is -6.00. The molecule has 3 rings (SSSR count). The molecule has 1 aromatic carbocycles. The smallest absolute Gasteiger partial charge is 0.323 e. The second-order valence-corrected chi connectivity index (χ2v) is 15.8. The number of unbranched alkanes of at least 4 members (excludes halogenated alkanes) is 8. The van der Waals surface area contributed by atoms with Gasteiger partial charge in [-0.05, 0) is 49.9 Å². The van der Waals surface area contributed by atoms with Crippen LogP contribution in [0.5, 0.6) is 0 Å². The van der Waals surface area contributed by atoms with Gasteiger partial charge >= 0.3 is 23.9 Å². The van der Waals surface area contributed by atoms with Crippen molar-refractivity contribution in [3.05, 3.63) is 66.3 Å². The van der Waals surface area contributed by atoms with Crippen LogP contribution in [0.15, 0.2) is 49.1 Å². The fourth-order valence-corrected chi connectivity index (χ4v) is 7.17. The van der Waals surface area contributed by atoms with Gasteiger partial charge in [-0.2, -0.15) is 0 Å². The highest BCUT2D eigenvalue weighted by atomic mass is 32.2. The highest BCUT2D eigenvalue weighted by Crippen LogP contribution is 2.16. The highest BCUT2D eigenvalue weighted by molar-refractivity contribution is 7.80. The van der Waals surface area contributed by atoms with Gasteiger partial charge in [-0.1, -0.05) is 57.1 Å². The van der Waals surface area contributed by atoms with Crippen molar-refractivity contribution in [3.8, 4) is 0 Å². The molecule has 3 aromatic rings. The van der Waals surface area contributed by atoms with Gasteiger partial charge in [0, 0.05) is 54.6 Å². The van der Waals surface area contributed by atoms with E-state index in [2.05, 4.69) is 14.7 Å². The molecule has 0 aliphatic heterocycles. The zero-order valence-corrected chi connectivity index (χ0v) is 36.0. The summed E-state index contributed by atoms with van der Waals surface area (Å²) in [4.78, 5) is 95.8. The van der Waals surface area contributed by atoms with E-state index in [9.17, 15) is 62.7 Å². The van der Waals surface area contributed by atoms with Crippen LogP contribution in [0.1, 0.15) is 94.3 Å². The Kier molecular flexibility index (Phi) is 22.7. The Labute approximate surface area is 367 Å². The standard InChI is InChI=1S/C41H58N8O13S/c50-33(13-10-11-31-14-16-32(17-15-31)44-63(61)62)12-8-6-4-2-1-3-5-7-9-20-45(23-34-42-18-21-46(34)25-36(51)48(27-38(53)54)28-39(55)56)24-35-43-19-22-47(35)26-37(52)49(29-40(57)58)30-41(59)60/h14-19,21-22,44H,1-13,20,23-30H2,(H,53,54)(H,55,56)(H,57,58)(H,59,60)(H,61,62)/p-1. The summed E-state index contributed by atoms with van der Waals surface area (Å²) < 4.78 is 26.8. The number of carbonyl (C=O) groups excluding carboxylic acids is 3. The van der Waals surface area contributed by atoms with Crippen LogP contribution in [0.25, 0.3) is 0 Å². The quantitative estimate of drug-likeness (QED) is 0.0425. The molecule has 0 saturated carbocycles. The third-order valence-corrected chi connectivity index (χ3v) is 10.4. The van der Waals surface area contributed by atoms with E-state index in [1.165, 1.54) is 33.9 Å². The molecule has 2 amide bonds. The van der Waals surface area contributed by atoms with Gasteiger partial charge in [0.25, 0.3) is 0 Å². The molecule has 0 spiro atoms. The zero-order valence-electron chi connectivity index (χ0n) is 35.2. The maximum atomic E-state index is 13.0. The summed E-state index contributed by atoms with van der Waals surface area (Å²) >= 11 is -2.37. The van der Waals surface area contributed by atoms with Gasteiger partial charge in [0.2, 0.25) is 11.8 Å². The predicted octanol–water partition coefficient (Wildman–Crippen LogP) is 2.78. The Morgan fingerprint density at radius 2 is 1.02 bits per heavy atom. The molecule has 5 N–H and O–H groups in total. The molecule has 0 fully saturated rings. The Bertz CT molecular complexity index is 1870. The third kappa shape index (κ3) is 21.1. The molecular weight excluding hydrogens is 845 g/mol. The molecule has 2 aromatic heterocycles. The molecule has 0 bridgehead atoms. The maximum Gasteiger partial charge on any atom is 0.323 e. The van der Waals surface area contributed by atoms with Crippen LogP contribution < -0.4 is 4.72 Å². The van der Waals surface area contributed by atoms with Gasteiger partial charge in [0.05, 0.1) is 13.1 Å². The molecule has 0 radical (unpaired) electrons. The number of ketones is 1. The number of carbonyl (C=O) groups is 7. The van der Waals surface area contributed by atoms with Gasteiger partial charge < -0.3 is 48.6 Å². The van der Waals surface area contributed by atoms with Crippen molar-refractivity contribution in [2.75, 3.05) is 37.4 Å². The summed E-state index contributed by atoms with van der Waals surface area (Å²) in [5.74, 6) is -5.82. The van der Waals surface area contributed by atoms with E-state index in [1.807, 2.05) is 17.0 Å². The highest BCUT2D eigenvalue weighted by Gasteiger charge is 2.24. The second kappa shape index (κ2) is 27.8. The first-order valence-electron chi connectivity index (χ1n) is 20.7. The van der Waals surface area contributed by atoms with Crippen molar-refractivity contribution in [2.45, 2.75) is 110 Å². The van der Waals surface area contributed by atoms with E-state index in [4.69, 9.17) is 0 Å². The van der Waals surface area contributed by atoms with E-state index in [0.29, 0.717) is 36.7 Å². The normalized spacial score (nSPS) is 11.6. The van der Waals surface area contributed by atoms with Crippen molar-refractivity contribution in [1.82, 2.24) is 33.8 Å². The van der Waals surface area contributed by atoms with Gasteiger partial charge in [-0.25, -0.2) is 9.97 Å². The number of hydrogen-bond donors (Lipinski definition) is 5. The maximum absolute atomic E-state index is 13.0. The summed E-state index contributed by atoms with van der Waals surface area (Å²) in [5, 5.41) is 36.8. The number of aryl methyl sites for hydroxylation is 1. The number of Topliss-reactive ketones (excluding diaryl/α,β-unsaturated/α-hetero) is 1. The zero-order chi connectivity index (χ0) is 46.1. The molecule has 21 nitrogen and oxygen atoms in total. The first kappa shape index (κ1) is 51.4. The Morgan fingerprint density at radius 1 is 0.603 bits per heavy atom. The van der Waals surface area contributed by atoms with Gasteiger partial charge in [0.15, 0.2) is 0 Å². The number of hydrogen-bond acceptors (Lipinski definition) is 12.